The van der Waals surface area contributed by atoms with E-state index >= 15 is 0 Å². The normalized spacial score (nSPS) is 10.9. The maximum absolute atomic E-state index is 10.9. The lowest BCUT2D eigenvalue weighted by Crippen LogP contribution is -2.21. The van der Waals surface area contributed by atoms with Crippen molar-refractivity contribution in [3.63, 3.8) is 0 Å². The second kappa shape index (κ2) is 5.90. The molecule has 0 rings (SSSR count). The average Bonchev–Trinajstić information content (AvgIpc) is 2.03. The highest BCUT2D eigenvalue weighted by Crippen LogP contribution is 1.98. The van der Waals surface area contributed by atoms with Crippen LogP contribution in [0.25, 0.3) is 0 Å². The summed E-state index contributed by atoms with van der Waals surface area (Å²) < 4.78 is 0. The first-order chi connectivity index (χ1) is 6.47. The van der Waals surface area contributed by atoms with Gasteiger partial charge in [-0.2, -0.15) is 0 Å². The lowest BCUT2D eigenvalue weighted by Gasteiger charge is -1.99. The zero-order chi connectivity index (χ0) is 11.1. The number of ketones is 1. The number of carboxylic acids is 1. The van der Waals surface area contributed by atoms with E-state index in [1.54, 1.807) is 6.92 Å². The fourth-order valence-corrected chi connectivity index (χ4v) is 0.760. The summed E-state index contributed by atoms with van der Waals surface area (Å²) in [5, 5.41) is 10.8. The van der Waals surface area contributed by atoms with Gasteiger partial charge in [-0.05, 0) is 13.3 Å². The second-order valence-electron chi connectivity index (χ2n) is 2.77. The third-order valence-corrected chi connectivity index (χ3v) is 1.47. The van der Waals surface area contributed by atoms with Gasteiger partial charge in [-0.15, -0.1) is 0 Å². The zero-order valence-corrected chi connectivity index (χ0v) is 8.16. The van der Waals surface area contributed by atoms with Crippen LogP contribution < -0.4 is 5.32 Å². The van der Waals surface area contributed by atoms with Gasteiger partial charge < -0.3 is 10.4 Å². The number of aliphatic carboxylic acids is 1. The summed E-state index contributed by atoms with van der Waals surface area (Å²) in [7, 11) is 0. The minimum absolute atomic E-state index is 0.0990. The van der Waals surface area contributed by atoms with Gasteiger partial charge >= 0.3 is 5.97 Å². The quantitative estimate of drug-likeness (QED) is 0.497. The van der Waals surface area contributed by atoms with E-state index in [-0.39, 0.29) is 17.8 Å². The maximum atomic E-state index is 10.9. The molecule has 0 aromatic carbocycles. The molecule has 0 fully saturated rings. The Morgan fingerprint density at radius 1 is 1.36 bits per heavy atom. The van der Waals surface area contributed by atoms with E-state index in [0.717, 1.165) is 6.20 Å². The van der Waals surface area contributed by atoms with Crippen molar-refractivity contribution in [3.8, 4) is 0 Å². The molecule has 0 spiro atoms. The smallest absolute Gasteiger partial charge is 0.333 e. The van der Waals surface area contributed by atoms with Gasteiger partial charge in [-0.25, -0.2) is 4.79 Å². The minimum atomic E-state index is -1.07. The predicted molar refractivity (Wildman–Crippen MR) is 49.5 cm³/mol. The van der Waals surface area contributed by atoms with Gasteiger partial charge in [0.2, 0.25) is 5.91 Å². The van der Waals surface area contributed by atoms with Gasteiger partial charge in [0.1, 0.15) is 5.78 Å². The molecule has 0 bridgehead atoms. The minimum Gasteiger partial charge on any atom is -0.478 e. The van der Waals surface area contributed by atoms with E-state index in [9.17, 15) is 14.4 Å². The summed E-state index contributed by atoms with van der Waals surface area (Å²) in [6.07, 6.45) is 1.20. The van der Waals surface area contributed by atoms with Gasteiger partial charge in [0.05, 0.1) is 12.0 Å². The van der Waals surface area contributed by atoms with Crippen LogP contribution in [0.3, 0.4) is 0 Å². The number of nitrogens with one attached hydrogen (secondary N) is 1. The Balaban J connectivity index is 4.19. The summed E-state index contributed by atoms with van der Waals surface area (Å²) in [6.45, 7) is 2.96. The number of carbonyl (C=O) groups is 3. The third-order valence-electron chi connectivity index (χ3n) is 1.47. The lowest BCUT2D eigenvalue weighted by atomic mass is 10.2. The summed E-state index contributed by atoms with van der Waals surface area (Å²) in [5.41, 5.74) is 0.0990. The van der Waals surface area contributed by atoms with Crippen LogP contribution in [0.1, 0.15) is 26.7 Å². The number of Topliss-reactive ketones (excluding diaryl/α,β-unsaturated/α-hetero) is 1. The van der Waals surface area contributed by atoms with E-state index in [1.807, 2.05) is 0 Å². The van der Waals surface area contributed by atoms with Gasteiger partial charge in [-0.3, -0.25) is 9.59 Å². The Hall–Kier alpha value is -1.65. The molecule has 0 saturated carbocycles. The molecule has 0 heterocycles. The molecule has 14 heavy (non-hydrogen) atoms. The van der Waals surface area contributed by atoms with Gasteiger partial charge in [-0.1, -0.05) is 6.92 Å². The molecule has 1 amide bonds. The van der Waals surface area contributed by atoms with Crippen molar-refractivity contribution in [1.82, 2.24) is 5.32 Å². The predicted octanol–water partition coefficient (Wildman–Crippen LogP) is 0.460. The summed E-state index contributed by atoms with van der Waals surface area (Å²) in [4.78, 5) is 31.9. The van der Waals surface area contributed by atoms with Crippen molar-refractivity contribution in [2.75, 3.05) is 0 Å². The van der Waals surface area contributed by atoms with Crippen LogP contribution in [-0.4, -0.2) is 22.8 Å². The summed E-state index contributed by atoms with van der Waals surface area (Å²) >= 11 is 0. The topological polar surface area (TPSA) is 83.5 Å². The largest absolute Gasteiger partial charge is 0.478 e. The average molecular weight is 199 g/mol. The lowest BCUT2D eigenvalue weighted by molar-refractivity contribution is -0.132. The van der Waals surface area contributed by atoms with Crippen molar-refractivity contribution in [2.24, 2.45) is 0 Å². The first kappa shape index (κ1) is 12.3. The molecule has 5 nitrogen and oxygen atoms in total. The van der Waals surface area contributed by atoms with E-state index in [0.29, 0.717) is 6.42 Å². The molecule has 0 atom stereocenters. The molecule has 0 unspecified atom stereocenters. The van der Waals surface area contributed by atoms with Crippen molar-refractivity contribution in [3.05, 3.63) is 11.8 Å². The van der Waals surface area contributed by atoms with Gasteiger partial charge in [0.15, 0.2) is 0 Å². The van der Waals surface area contributed by atoms with E-state index in [1.165, 1.54) is 6.92 Å². The number of amides is 1. The molecule has 0 aliphatic rings. The SMILES string of the molecule is CCC(=CNC(=O)CC(C)=O)C(=O)O. The second-order valence-corrected chi connectivity index (χ2v) is 2.77. The molecule has 0 aliphatic heterocycles. The maximum Gasteiger partial charge on any atom is 0.333 e. The molecule has 0 aromatic heterocycles. The standard InChI is InChI=1S/C9H13NO4/c1-3-7(9(13)14)5-10-8(12)4-6(2)11/h5H,3-4H2,1-2H3,(H,10,12)(H,13,14). The first-order valence-corrected chi connectivity index (χ1v) is 4.18. The van der Waals surface area contributed by atoms with Crippen molar-refractivity contribution in [1.29, 1.82) is 0 Å². The van der Waals surface area contributed by atoms with Crippen LogP contribution in [0.15, 0.2) is 11.8 Å². The Labute approximate surface area is 81.8 Å². The monoisotopic (exact) mass is 199 g/mol. The molecule has 2 N–H and O–H groups in total. The number of hydrogen-bond acceptors (Lipinski definition) is 3. The van der Waals surface area contributed by atoms with E-state index in [4.69, 9.17) is 5.11 Å². The molecular weight excluding hydrogens is 186 g/mol. The Morgan fingerprint density at radius 3 is 2.29 bits per heavy atom. The Bertz CT molecular complexity index is 281. The van der Waals surface area contributed by atoms with Crippen molar-refractivity contribution < 1.29 is 19.5 Å². The Morgan fingerprint density at radius 2 is 1.93 bits per heavy atom. The molecular formula is C9H13NO4. The number of rotatable bonds is 5. The zero-order valence-electron chi connectivity index (χ0n) is 8.16. The highest BCUT2D eigenvalue weighted by molar-refractivity contribution is 5.97. The fraction of sp³-hybridized carbons (Fsp3) is 0.444. The van der Waals surface area contributed by atoms with E-state index in [2.05, 4.69) is 5.32 Å². The van der Waals surface area contributed by atoms with Crippen LogP contribution in [0.2, 0.25) is 0 Å². The highest BCUT2D eigenvalue weighted by Gasteiger charge is 2.06. The molecule has 5 heteroatoms. The van der Waals surface area contributed by atoms with Crippen molar-refractivity contribution >= 4 is 17.7 Å². The van der Waals surface area contributed by atoms with Gasteiger partial charge in [0.25, 0.3) is 0 Å². The molecule has 78 valence electrons. The van der Waals surface area contributed by atoms with Crippen LogP contribution in [0.5, 0.6) is 0 Å². The molecule has 0 saturated heterocycles. The van der Waals surface area contributed by atoms with Crippen LogP contribution >= 0.6 is 0 Å². The first-order valence-electron chi connectivity index (χ1n) is 4.18. The third kappa shape index (κ3) is 5.08. The van der Waals surface area contributed by atoms with Crippen LogP contribution in [-0.2, 0) is 14.4 Å². The van der Waals surface area contributed by atoms with Crippen LogP contribution in [0.4, 0.5) is 0 Å². The molecule has 0 aliphatic carbocycles. The number of carbonyl (C=O) groups excluding carboxylic acids is 2. The molecule has 0 radical (unpaired) electrons. The number of carboxylic acid groups (broad SMARTS) is 1. The summed E-state index contributed by atoms with van der Waals surface area (Å²) in [6, 6.07) is 0. The molecule has 0 aromatic rings. The number of hydrogen-bond donors (Lipinski definition) is 2. The Kier molecular flexibility index (Phi) is 5.21. The summed E-state index contributed by atoms with van der Waals surface area (Å²) in [5.74, 6) is -1.83. The fourth-order valence-electron chi connectivity index (χ4n) is 0.760. The van der Waals surface area contributed by atoms with Crippen LogP contribution in [0, 0.1) is 0 Å². The van der Waals surface area contributed by atoms with Crippen molar-refractivity contribution in [2.45, 2.75) is 26.7 Å². The van der Waals surface area contributed by atoms with Gasteiger partial charge in [0, 0.05) is 6.20 Å². The highest BCUT2D eigenvalue weighted by atomic mass is 16.4. The van der Waals surface area contributed by atoms with E-state index < -0.39 is 11.9 Å².